The molecule has 3 N–H and O–H groups in total. The highest BCUT2D eigenvalue weighted by atomic mass is 15.3. The summed E-state index contributed by atoms with van der Waals surface area (Å²) in [5.74, 6) is 1.80. The van der Waals surface area contributed by atoms with Crippen LogP contribution < -0.4 is 16.0 Å². The van der Waals surface area contributed by atoms with E-state index in [4.69, 9.17) is 5.73 Å². The van der Waals surface area contributed by atoms with Crippen LogP contribution in [-0.4, -0.2) is 35.6 Å². The van der Waals surface area contributed by atoms with Gasteiger partial charge in [0.05, 0.1) is 11.2 Å². The summed E-state index contributed by atoms with van der Waals surface area (Å²) in [5.41, 5.74) is 7.75. The first-order valence-electron chi connectivity index (χ1n) is 7.69. The topological polar surface area (TPSA) is 67.1 Å². The van der Waals surface area contributed by atoms with E-state index in [9.17, 15) is 0 Å². The van der Waals surface area contributed by atoms with Gasteiger partial charge in [0, 0.05) is 25.1 Å². The lowest BCUT2D eigenvalue weighted by Crippen LogP contribution is -2.67. The molecule has 3 rings (SSSR count). The molecule has 0 atom stereocenters. The molecule has 5 heteroatoms. The maximum Gasteiger partial charge on any atom is 0.222 e. The molecule has 0 aromatic carbocycles. The Morgan fingerprint density at radius 1 is 1.14 bits per heavy atom. The van der Waals surface area contributed by atoms with Crippen molar-refractivity contribution in [2.24, 2.45) is 10.8 Å². The number of hydrogen-bond donors (Lipinski definition) is 2. The standard InChI is InChI=1S/C16H27N5/c1-14(2)12(15(14,3)4)10-7-11(20-13(17)19-10)21-8-16(5,9-21)18-6/h7,12,18H,8-9H2,1-6H3,(H2,17,19,20). The van der Waals surface area contributed by atoms with Crippen molar-refractivity contribution in [2.45, 2.75) is 46.1 Å². The average Bonchev–Trinajstić information content (AvgIpc) is 2.75. The molecule has 2 heterocycles. The van der Waals surface area contributed by atoms with Crippen molar-refractivity contribution in [1.82, 2.24) is 15.3 Å². The maximum atomic E-state index is 5.95. The van der Waals surface area contributed by atoms with E-state index in [0.717, 1.165) is 24.6 Å². The third-order valence-electron chi connectivity index (χ3n) is 6.07. The minimum Gasteiger partial charge on any atom is -0.368 e. The molecule has 0 radical (unpaired) electrons. The van der Waals surface area contributed by atoms with Crippen molar-refractivity contribution in [1.29, 1.82) is 0 Å². The molecule has 2 fully saturated rings. The van der Waals surface area contributed by atoms with Crippen LogP contribution in [0.25, 0.3) is 0 Å². The van der Waals surface area contributed by atoms with Gasteiger partial charge in [-0.15, -0.1) is 0 Å². The van der Waals surface area contributed by atoms with Crippen LogP contribution in [-0.2, 0) is 0 Å². The van der Waals surface area contributed by atoms with E-state index in [1.54, 1.807) is 0 Å². The van der Waals surface area contributed by atoms with Gasteiger partial charge in [-0.1, -0.05) is 27.7 Å². The second kappa shape index (κ2) is 4.09. The van der Waals surface area contributed by atoms with E-state index < -0.39 is 0 Å². The number of hydrogen-bond acceptors (Lipinski definition) is 5. The Morgan fingerprint density at radius 2 is 1.71 bits per heavy atom. The first-order chi connectivity index (χ1) is 9.61. The zero-order chi connectivity index (χ0) is 15.6. The SMILES string of the molecule is CNC1(C)CN(c2cc(C3C(C)(C)C3(C)C)nc(N)n2)C1. The van der Waals surface area contributed by atoms with Gasteiger partial charge in [0.15, 0.2) is 0 Å². The summed E-state index contributed by atoms with van der Waals surface area (Å²) < 4.78 is 0. The maximum absolute atomic E-state index is 5.95. The van der Waals surface area contributed by atoms with Crippen molar-refractivity contribution in [3.63, 3.8) is 0 Å². The van der Waals surface area contributed by atoms with Crippen molar-refractivity contribution in [3.8, 4) is 0 Å². The number of nitrogens with zero attached hydrogens (tertiary/aromatic N) is 3. The number of anilines is 2. The molecule has 1 aliphatic heterocycles. The van der Waals surface area contributed by atoms with Crippen LogP contribution in [0.2, 0.25) is 0 Å². The van der Waals surface area contributed by atoms with Crippen LogP contribution in [0.1, 0.15) is 46.2 Å². The van der Waals surface area contributed by atoms with Crippen molar-refractivity contribution >= 4 is 11.8 Å². The minimum atomic E-state index is 0.179. The van der Waals surface area contributed by atoms with Gasteiger partial charge in [0.1, 0.15) is 5.82 Å². The molecule has 1 aromatic rings. The molecular weight excluding hydrogens is 262 g/mol. The van der Waals surface area contributed by atoms with Crippen LogP contribution in [0, 0.1) is 10.8 Å². The lowest BCUT2D eigenvalue weighted by atomic mass is 9.92. The Kier molecular flexibility index (Phi) is 2.84. The van der Waals surface area contributed by atoms with E-state index >= 15 is 0 Å². The van der Waals surface area contributed by atoms with E-state index in [1.165, 1.54) is 0 Å². The molecule has 21 heavy (non-hydrogen) atoms. The first kappa shape index (κ1) is 14.6. The van der Waals surface area contributed by atoms with Crippen molar-refractivity contribution in [3.05, 3.63) is 11.8 Å². The highest BCUT2D eigenvalue weighted by molar-refractivity contribution is 5.50. The Morgan fingerprint density at radius 3 is 2.19 bits per heavy atom. The summed E-state index contributed by atoms with van der Waals surface area (Å²) in [6.45, 7) is 13.3. The third kappa shape index (κ3) is 2.01. The Bertz CT molecular complexity index is 558. The largest absolute Gasteiger partial charge is 0.368 e. The van der Waals surface area contributed by atoms with Gasteiger partial charge in [-0.2, -0.15) is 4.98 Å². The number of nitrogen functional groups attached to an aromatic ring is 1. The average molecular weight is 289 g/mol. The molecule has 1 aromatic heterocycles. The predicted molar refractivity (Wildman–Crippen MR) is 86.4 cm³/mol. The quantitative estimate of drug-likeness (QED) is 0.891. The second-order valence-electron chi connectivity index (χ2n) is 8.05. The number of likely N-dealkylation sites (N-methyl/N-ethyl adjacent to an activating group) is 1. The minimum absolute atomic E-state index is 0.179. The van der Waals surface area contributed by atoms with E-state index in [0.29, 0.717) is 11.9 Å². The van der Waals surface area contributed by atoms with Crippen LogP contribution in [0.15, 0.2) is 6.07 Å². The lowest BCUT2D eigenvalue weighted by Gasteiger charge is -2.48. The number of aromatic nitrogens is 2. The van der Waals surface area contributed by atoms with E-state index in [1.807, 2.05) is 7.05 Å². The van der Waals surface area contributed by atoms with E-state index in [2.05, 4.69) is 60.9 Å². The summed E-state index contributed by atoms with van der Waals surface area (Å²) >= 11 is 0. The van der Waals surface area contributed by atoms with Crippen LogP contribution >= 0.6 is 0 Å². The van der Waals surface area contributed by atoms with Gasteiger partial charge in [0.2, 0.25) is 5.95 Å². The smallest absolute Gasteiger partial charge is 0.222 e. The predicted octanol–water partition coefficient (Wildman–Crippen LogP) is 2.01. The molecule has 1 saturated carbocycles. The zero-order valence-electron chi connectivity index (χ0n) is 14.0. The number of nitrogens with one attached hydrogen (secondary N) is 1. The molecule has 116 valence electrons. The third-order valence-corrected chi connectivity index (χ3v) is 6.07. The normalized spacial score (nSPS) is 25.5. The molecular formula is C16H27N5. The molecule has 0 bridgehead atoms. The van der Waals surface area contributed by atoms with Crippen LogP contribution in [0.4, 0.5) is 11.8 Å². The molecule has 0 spiro atoms. The van der Waals surface area contributed by atoms with Gasteiger partial charge in [-0.05, 0) is 24.8 Å². The molecule has 5 nitrogen and oxygen atoms in total. The van der Waals surface area contributed by atoms with Gasteiger partial charge < -0.3 is 16.0 Å². The van der Waals surface area contributed by atoms with Crippen molar-refractivity contribution < 1.29 is 0 Å². The molecule has 0 amide bonds. The Balaban J connectivity index is 1.86. The molecule has 1 aliphatic carbocycles. The summed E-state index contributed by atoms with van der Waals surface area (Å²) in [5, 5.41) is 3.35. The fraction of sp³-hybridized carbons (Fsp3) is 0.750. The summed E-state index contributed by atoms with van der Waals surface area (Å²) in [6.07, 6.45) is 0. The van der Waals surface area contributed by atoms with Gasteiger partial charge in [0.25, 0.3) is 0 Å². The van der Waals surface area contributed by atoms with Crippen molar-refractivity contribution in [2.75, 3.05) is 30.8 Å². The first-order valence-corrected chi connectivity index (χ1v) is 7.69. The fourth-order valence-electron chi connectivity index (χ4n) is 3.83. The van der Waals surface area contributed by atoms with E-state index in [-0.39, 0.29) is 16.4 Å². The summed E-state index contributed by atoms with van der Waals surface area (Å²) in [7, 11) is 2.01. The van der Waals surface area contributed by atoms with Crippen LogP contribution in [0.5, 0.6) is 0 Å². The number of rotatable bonds is 3. The monoisotopic (exact) mass is 289 g/mol. The van der Waals surface area contributed by atoms with Gasteiger partial charge >= 0.3 is 0 Å². The molecule has 2 aliphatic rings. The highest BCUT2D eigenvalue weighted by Gasteiger charge is 2.66. The Labute approximate surface area is 127 Å². The Hall–Kier alpha value is -1.36. The number of nitrogens with two attached hydrogens (primary N) is 1. The molecule has 0 unspecified atom stereocenters. The fourth-order valence-corrected chi connectivity index (χ4v) is 3.83. The summed E-state index contributed by atoms with van der Waals surface area (Å²) in [4.78, 5) is 11.2. The molecule has 1 saturated heterocycles. The van der Waals surface area contributed by atoms with Gasteiger partial charge in [-0.25, -0.2) is 4.98 Å². The van der Waals surface area contributed by atoms with Crippen LogP contribution in [0.3, 0.4) is 0 Å². The van der Waals surface area contributed by atoms with Gasteiger partial charge in [-0.3, -0.25) is 0 Å². The zero-order valence-corrected chi connectivity index (χ0v) is 14.0. The highest BCUT2D eigenvalue weighted by Crippen LogP contribution is 2.73. The lowest BCUT2D eigenvalue weighted by molar-refractivity contribution is 0.301. The second-order valence-corrected chi connectivity index (χ2v) is 8.05. The summed E-state index contributed by atoms with van der Waals surface area (Å²) in [6, 6.07) is 2.13.